The van der Waals surface area contributed by atoms with Crippen LogP contribution in [-0.2, 0) is 17.7 Å². The Morgan fingerprint density at radius 3 is 2.16 bits per heavy atom. The van der Waals surface area contributed by atoms with Crippen molar-refractivity contribution < 1.29 is 18.3 Å². The third-order valence-electron chi connectivity index (χ3n) is 8.94. The van der Waals surface area contributed by atoms with E-state index in [2.05, 4.69) is 22.8 Å². The number of carbonyl (C=O) groups is 1. The summed E-state index contributed by atoms with van der Waals surface area (Å²) in [6.07, 6.45) is 1.91. The lowest BCUT2D eigenvalue weighted by molar-refractivity contribution is 0.0909. The lowest BCUT2D eigenvalue weighted by Crippen LogP contribution is -2.56. The molecule has 0 spiro atoms. The molecular weight excluding hydrogens is 544 g/mol. The quantitative estimate of drug-likeness (QED) is 0.277. The maximum atomic E-state index is 14.5. The molecule has 0 N–H and O–H groups in total. The SMILES string of the molecule is Cc1cc(CN2CCC(C)(N(C(=O)c3ccc(N4CCOCC4)cc3C)c3ccc(CC(C)(C)F)cc3)CC2)ccc1F. The van der Waals surface area contributed by atoms with Crippen molar-refractivity contribution in [1.82, 2.24) is 4.90 Å². The zero-order valence-electron chi connectivity index (χ0n) is 26.3. The minimum Gasteiger partial charge on any atom is -0.378 e. The molecule has 2 heterocycles. The Labute approximate surface area is 255 Å². The number of halogens is 2. The van der Waals surface area contributed by atoms with Crippen molar-refractivity contribution in [3.05, 3.63) is 94.3 Å². The van der Waals surface area contributed by atoms with E-state index in [1.165, 1.54) is 0 Å². The van der Waals surface area contributed by atoms with Gasteiger partial charge in [-0.25, -0.2) is 8.78 Å². The number of nitrogens with zero attached hydrogens (tertiary/aromatic N) is 3. The summed E-state index contributed by atoms with van der Waals surface area (Å²) in [6, 6.07) is 19.3. The van der Waals surface area contributed by atoms with Crippen LogP contribution in [0, 0.1) is 19.7 Å². The van der Waals surface area contributed by atoms with Crippen LogP contribution in [0.5, 0.6) is 0 Å². The van der Waals surface area contributed by atoms with Gasteiger partial charge in [-0.3, -0.25) is 9.69 Å². The molecule has 2 aliphatic rings. The fourth-order valence-corrected chi connectivity index (χ4v) is 6.43. The molecule has 43 heavy (non-hydrogen) atoms. The maximum absolute atomic E-state index is 14.5. The van der Waals surface area contributed by atoms with Gasteiger partial charge in [0.25, 0.3) is 5.91 Å². The molecule has 5 rings (SSSR count). The Balaban J connectivity index is 1.41. The zero-order chi connectivity index (χ0) is 30.8. The smallest absolute Gasteiger partial charge is 0.259 e. The van der Waals surface area contributed by atoms with Crippen molar-refractivity contribution in [3.8, 4) is 0 Å². The van der Waals surface area contributed by atoms with Crippen molar-refractivity contribution in [2.24, 2.45) is 0 Å². The molecule has 1 amide bonds. The molecule has 0 bridgehead atoms. The van der Waals surface area contributed by atoms with Crippen LogP contribution < -0.4 is 9.80 Å². The Bertz CT molecular complexity index is 1420. The van der Waals surface area contributed by atoms with E-state index < -0.39 is 11.2 Å². The van der Waals surface area contributed by atoms with Gasteiger partial charge < -0.3 is 14.5 Å². The molecule has 0 aliphatic carbocycles. The van der Waals surface area contributed by atoms with E-state index in [0.717, 1.165) is 73.6 Å². The molecular formula is C36H45F2N3O2. The number of likely N-dealkylation sites (tertiary alicyclic amines) is 1. The van der Waals surface area contributed by atoms with Crippen LogP contribution in [0.3, 0.4) is 0 Å². The van der Waals surface area contributed by atoms with Crippen molar-refractivity contribution in [2.75, 3.05) is 49.2 Å². The number of morpholine rings is 1. The lowest BCUT2D eigenvalue weighted by Gasteiger charge is -2.47. The fourth-order valence-electron chi connectivity index (χ4n) is 6.43. The van der Waals surface area contributed by atoms with E-state index in [0.29, 0.717) is 30.8 Å². The number of aryl methyl sites for hydroxylation is 2. The van der Waals surface area contributed by atoms with E-state index >= 15 is 0 Å². The first-order valence-electron chi connectivity index (χ1n) is 15.5. The first-order valence-corrected chi connectivity index (χ1v) is 15.5. The Morgan fingerprint density at radius 2 is 1.56 bits per heavy atom. The number of anilines is 2. The molecule has 0 unspecified atom stereocenters. The summed E-state index contributed by atoms with van der Waals surface area (Å²) in [5.74, 6) is -0.201. The highest BCUT2D eigenvalue weighted by Crippen LogP contribution is 2.36. The van der Waals surface area contributed by atoms with Gasteiger partial charge in [0.1, 0.15) is 11.5 Å². The van der Waals surface area contributed by atoms with Gasteiger partial charge in [-0.1, -0.05) is 24.3 Å². The van der Waals surface area contributed by atoms with Gasteiger partial charge in [0, 0.05) is 61.6 Å². The summed E-state index contributed by atoms with van der Waals surface area (Å²) in [5.41, 5.74) is 4.51. The van der Waals surface area contributed by atoms with Gasteiger partial charge >= 0.3 is 0 Å². The molecule has 3 aromatic rings. The van der Waals surface area contributed by atoms with Gasteiger partial charge in [0.05, 0.1) is 13.2 Å². The van der Waals surface area contributed by atoms with Crippen molar-refractivity contribution in [2.45, 2.75) is 71.6 Å². The van der Waals surface area contributed by atoms with Crippen molar-refractivity contribution in [3.63, 3.8) is 0 Å². The normalized spacial score (nSPS) is 17.6. The van der Waals surface area contributed by atoms with Crippen LogP contribution in [0.25, 0.3) is 0 Å². The molecule has 2 fully saturated rings. The summed E-state index contributed by atoms with van der Waals surface area (Å²) in [4.78, 5) is 21.2. The minimum absolute atomic E-state index is 0.0188. The van der Waals surface area contributed by atoms with Gasteiger partial charge in [0.2, 0.25) is 0 Å². The largest absolute Gasteiger partial charge is 0.378 e. The first-order chi connectivity index (χ1) is 20.4. The highest BCUT2D eigenvalue weighted by atomic mass is 19.1. The third kappa shape index (κ3) is 7.44. The maximum Gasteiger partial charge on any atom is 0.259 e. The Hall–Kier alpha value is -3.29. The predicted octanol–water partition coefficient (Wildman–Crippen LogP) is 7.27. The van der Waals surface area contributed by atoms with E-state index in [-0.39, 0.29) is 11.7 Å². The van der Waals surface area contributed by atoms with Gasteiger partial charge in [-0.15, -0.1) is 0 Å². The van der Waals surface area contributed by atoms with Crippen LogP contribution in [0.15, 0.2) is 60.7 Å². The molecule has 3 aromatic carbocycles. The molecule has 5 nitrogen and oxygen atoms in total. The number of alkyl halides is 1. The second-order valence-corrected chi connectivity index (χ2v) is 13.2. The van der Waals surface area contributed by atoms with Crippen LogP contribution >= 0.6 is 0 Å². The molecule has 2 saturated heterocycles. The summed E-state index contributed by atoms with van der Waals surface area (Å²) >= 11 is 0. The lowest BCUT2D eigenvalue weighted by atomic mass is 9.85. The zero-order valence-corrected chi connectivity index (χ0v) is 26.3. The fraction of sp³-hybridized carbons (Fsp3) is 0.472. The van der Waals surface area contributed by atoms with E-state index in [1.807, 2.05) is 60.4 Å². The van der Waals surface area contributed by atoms with Gasteiger partial charge in [-0.05, 0) is 106 Å². The molecule has 0 atom stereocenters. The summed E-state index contributed by atoms with van der Waals surface area (Å²) < 4.78 is 33.7. The average Bonchev–Trinajstić information content (AvgIpc) is 2.97. The van der Waals surface area contributed by atoms with Crippen LogP contribution in [0.1, 0.15) is 66.2 Å². The van der Waals surface area contributed by atoms with Crippen molar-refractivity contribution in [1.29, 1.82) is 0 Å². The number of rotatable bonds is 8. The van der Waals surface area contributed by atoms with Gasteiger partial charge in [-0.2, -0.15) is 0 Å². The second-order valence-electron chi connectivity index (χ2n) is 13.2. The number of hydrogen-bond acceptors (Lipinski definition) is 4. The summed E-state index contributed by atoms with van der Waals surface area (Å²) in [6.45, 7) is 14.6. The van der Waals surface area contributed by atoms with E-state index in [1.54, 1.807) is 26.8 Å². The minimum atomic E-state index is -1.31. The molecule has 7 heteroatoms. The molecule has 230 valence electrons. The number of carbonyl (C=O) groups excluding carboxylic acids is 1. The number of ether oxygens (including phenoxy) is 1. The van der Waals surface area contributed by atoms with Crippen LogP contribution in [-0.4, -0.2) is 61.4 Å². The first kappa shape index (κ1) is 31.1. The number of amides is 1. The predicted molar refractivity (Wildman–Crippen MR) is 170 cm³/mol. The summed E-state index contributed by atoms with van der Waals surface area (Å²) in [7, 11) is 0. The molecule has 2 aliphatic heterocycles. The van der Waals surface area contributed by atoms with Crippen molar-refractivity contribution >= 4 is 17.3 Å². The van der Waals surface area contributed by atoms with E-state index in [9.17, 15) is 13.6 Å². The van der Waals surface area contributed by atoms with Crippen LogP contribution in [0.4, 0.5) is 20.2 Å². The average molecular weight is 590 g/mol. The summed E-state index contributed by atoms with van der Waals surface area (Å²) in [5, 5.41) is 0. The standard InChI is InChI=1S/C36H45F2N3O2/c1-26-23-31(40-18-20-43-21-19-40)11-12-32(26)34(42)41(30-9-6-28(7-10-30)24-35(3,4)38)36(5)14-16-39(17-15-36)25-29-8-13-33(37)27(2)22-29/h6-13,22-23H,14-21,24-25H2,1-5H3. The third-order valence-corrected chi connectivity index (χ3v) is 8.94. The number of hydrogen-bond donors (Lipinski definition) is 0. The number of benzene rings is 3. The second kappa shape index (κ2) is 12.7. The monoisotopic (exact) mass is 589 g/mol. The van der Waals surface area contributed by atoms with E-state index in [4.69, 9.17) is 4.74 Å². The Kier molecular flexibility index (Phi) is 9.23. The van der Waals surface area contributed by atoms with Gasteiger partial charge in [0.15, 0.2) is 0 Å². The molecule has 0 radical (unpaired) electrons. The highest BCUT2D eigenvalue weighted by Gasteiger charge is 2.40. The van der Waals surface area contributed by atoms with Crippen LogP contribution in [0.2, 0.25) is 0 Å². The number of piperidine rings is 1. The topological polar surface area (TPSA) is 36.0 Å². The highest BCUT2D eigenvalue weighted by molar-refractivity contribution is 6.08. The Morgan fingerprint density at radius 1 is 0.907 bits per heavy atom. The molecule has 0 aromatic heterocycles. The molecule has 0 saturated carbocycles.